The molecule has 1 aliphatic heterocycles. The van der Waals surface area contributed by atoms with Gasteiger partial charge in [-0.15, -0.1) is 0 Å². The molecular formula is C19H22N6O3. The second-order valence-electron chi connectivity index (χ2n) is 6.03. The number of hydrazone groups is 2. The van der Waals surface area contributed by atoms with Gasteiger partial charge in [0.2, 0.25) is 0 Å². The van der Waals surface area contributed by atoms with E-state index in [0.717, 1.165) is 16.8 Å². The lowest BCUT2D eigenvalue weighted by molar-refractivity contribution is 0.203. The standard InChI is InChI=1S/C10H11N5O.C9H11NO2/c1-8-7-15(10(16)14-13-8)12-6-9-3-2-4-11-5-9;1-7-4-3-5-8(6-7)10(2)9(11)12/h2-6H,7H2,1H3,(H,14,16);3-6H,1-2H3,(H,11,12)/b12-6+;. The second kappa shape index (κ2) is 9.81. The number of pyridine rings is 1. The molecule has 1 aromatic heterocycles. The van der Waals surface area contributed by atoms with Gasteiger partial charge in [0.25, 0.3) is 0 Å². The molecule has 9 nitrogen and oxygen atoms in total. The molecule has 0 fully saturated rings. The van der Waals surface area contributed by atoms with Gasteiger partial charge in [0.1, 0.15) is 0 Å². The van der Waals surface area contributed by atoms with Gasteiger partial charge in [0.15, 0.2) is 0 Å². The highest BCUT2D eigenvalue weighted by Crippen LogP contribution is 2.13. The van der Waals surface area contributed by atoms with Gasteiger partial charge in [-0.3, -0.25) is 9.88 Å². The van der Waals surface area contributed by atoms with Crippen LogP contribution < -0.4 is 10.3 Å². The van der Waals surface area contributed by atoms with E-state index in [1.165, 1.54) is 17.0 Å². The molecule has 1 aromatic carbocycles. The first-order valence-corrected chi connectivity index (χ1v) is 8.45. The first-order chi connectivity index (χ1) is 13.4. The second-order valence-corrected chi connectivity index (χ2v) is 6.03. The Morgan fingerprint density at radius 3 is 2.75 bits per heavy atom. The van der Waals surface area contributed by atoms with Crippen LogP contribution in [-0.2, 0) is 0 Å². The van der Waals surface area contributed by atoms with Crippen LogP contribution in [0.1, 0.15) is 18.1 Å². The Kier molecular flexibility index (Phi) is 7.21. The number of carboxylic acid groups (broad SMARTS) is 1. The van der Waals surface area contributed by atoms with Crippen molar-refractivity contribution in [3.8, 4) is 0 Å². The summed E-state index contributed by atoms with van der Waals surface area (Å²) in [7, 11) is 1.52. The van der Waals surface area contributed by atoms with Gasteiger partial charge in [0, 0.05) is 30.7 Å². The lowest BCUT2D eigenvalue weighted by Crippen LogP contribution is -2.42. The number of rotatable bonds is 3. The molecule has 0 saturated carbocycles. The molecule has 1 aliphatic rings. The number of carbonyl (C=O) groups excluding carboxylic acids is 1. The summed E-state index contributed by atoms with van der Waals surface area (Å²) in [6.07, 6.45) is 4.00. The third-order valence-electron chi connectivity index (χ3n) is 3.66. The Morgan fingerprint density at radius 2 is 2.11 bits per heavy atom. The molecule has 3 amide bonds. The molecule has 0 unspecified atom stereocenters. The van der Waals surface area contributed by atoms with Gasteiger partial charge in [-0.25, -0.2) is 20.0 Å². The first-order valence-electron chi connectivity index (χ1n) is 8.45. The number of carbonyl (C=O) groups is 2. The molecule has 2 aromatic rings. The fraction of sp³-hybridized carbons (Fsp3) is 0.211. The third kappa shape index (κ3) is 6.20. The molecule has 146 valence electrons. The number of anilines is 1. The molecule has 0 bridgehead atoms. The van der Waals surface area contributed by atoms with Crippen molar-refractivity contribution in [2.24, 2.45) is 10.2 Å². The van der Waals surface area contributed by atoms with Gasteiger partial charge in [-0.2, -0.15) is 10.2 Å². The van der Waals surface area contributed by atoms with Crippen LogP contribution in [0.4, 0.5) is 15.3 Å². The minimum atomic E-state index is -0.944. The van der Waals surface area contributed by atoms with Gasteiger partial charge in [-0.1, -0.05) is 18.2 Å². The van der Waals surface area contributed by atoms with Crippen LogP contribution in [0, 0.1) is 6.92 Å². The van der Waals surface area contributed by atoms with Gasteiger partial charge >= 0.3 is 12.1 Å². The summed E-state index contributed by atoms with van der Waals surface area (Å²) in [6, 6.07) is 10.7. The normalized spacial score (nSPS) is 13.3. The lowest BCUT2D eigenvalue weighted by atomic mass is 10.2. The molecule has 0 aliphatic carbocycles. The minimum absolute atomic E-state index is 0.328. The summed E-state index contributed by atoms with van der Waals surface area (Å²) < 4.78 is 0. The van der Waals surface area contributed by atoms with E-state index in [2.05, 4.69) is 20.6 Å². The van der Waals surface area contributed by atoms with Crippen molar-refractivity contribution in [1.29, 1.82) is 0 Å². The Labute approximate surface area is 163 Å². The van der Waals surface area contributed by atoms with E-state index in [9.17, 15) is 9.59 Å². The van der Waals surface area contributed by atoms with Crippen molar-refractivity contribution < 1.29 is 14.7 Å². The van der Waals surface area contributed by atoms with Crippen LogP contribution in [0.25, 0.3) is 0 Å². The maximum atomic E-state index is 11.3. The van der Waals surface area contributed by atoms with Crippen molar-refractivity contribution in [3.05, 3.63) is 59.9 Å². The predicted molar refractivity (Wildman–Crippen MR) is 108 cm³/mol. The van der Waals surface area contributed by atoms with Crippen molar-refractivity contribution >= 4 is 29.7 Å². The minimum Gasteiger partial charge on any atom is -0.465 e. The number of hydrogen-bond donors (Lipinski definition) is 2. The quantitative estimate of drug-likeness (QED) is 0.795. The largest absolute Gasteiger partial charge is 0.465 e. The van der Waals surface area contributed by atoms with E-state index in [1.54, 1.807) is 24.7 Å². The molecule has 3 rings (SSSR count). The Hall–Kier alpha value is -3.75. The van der Waals surface area contributed by atoms with Crippen LogP contribution in [0.2, 0.25) is 0 Å². The Bertz CT molecular complexity index is 882. The number of aromatic nitrogens is 1. The van der Waals surface area contributed by atoms with Gasteiger partial charge in [0.05, 0.1) is 18.5 Å². The van der Waals surface area contributed by atoms with Crippen LogP contribution in [0.5, 0.6) is 0 Å². The van der Waals surface area contributed by atoms with E-state index in [-0.39, 0.29) is 6.03 Å². The summed E-state index contributed by atoms with van der Waals surface area (Å²) in [5.41, 5.74) is 5.77. The average Bonchev–Trinajstić information content (AvgIpc) is 2.69. The van der Waals surface area contributed by atoms with Crippen molar-refractivity contribution in [1.82, 2.24) is 15.4 Å². The van der Waals surface area contributed by atoms with Crippen LogP contribution >= 0.6 is 0 Å². The average molecular weight is 382 g/mol. The van der Waals surface area contributed by atoms with E-state index in [1.807, 2.05) is 44.2 Å². The number of aryl methyl sites for hydroxylation is 1. The molecule has 0 radical (unpaired) electrons. The molecular weight excluding hydrogens is 360 g/mol. The highest BCUT2D eigenvalue weighted by Gasteiger charge is 2.16. The van der Waals surface area contributed by atoms with Crippen LogP contribution in [0.15, 0.2) is 59.0 Å². The van der Waals surface area contributed by atoms with Crippen molar-refractivity contribution in [2.75, 3.05) is 18.5 Å². The van der Waals surface area contributed by atoms with Crippen molar-refractivity contribution in [3.63, 3.8) is 0 Å². The smallest absolute Gasteiger partial charge is 0.411 e. The molecule has 0 atom stereocenters. The molecule has 28 heavy (non-hydrogen) atoms. The third-order valence-corrected chi connectivity index (χ3v) is 3.66. The fourth-order valence-electron chi connectivity index (χ4n) is 2.15. The molecule has 2 heterocycles. The monoisotopic (exact) mass is 382 g/mol. The summed E-state index contributed by atoms with van der Waals surface area (Å²) in [5, 5.41) is 17.8. The zero-order valence-corrected chi connectivity index (χ0v) is 15.9. The number of urea groups is 1. The summed E-state index contributed by atoms with van der Waals surface area (Å²) in [6.45, 7) is 4.16. The zero-order chi connectivity index (χ0) is 20.5. The van der Waals surface area contributed by atoms with E-state index >= 15 is 0 Å². The van der Waals surface area contributed by atoms with Crippen LogP contribution in [0.3, 0.4) is 0 Å². The highest BCUT2D eigenvalue weighted by molar-refractivity contribution is 5.92. The zero-order valence-electron chi connectivity index (χ0n) is 15.9. The highest BCUT2D eigenvalue weighted by atomic mass is 16.4. The Balaban J connectivity index is 0.000000209. The van der Waals surface area contributed by atoms with Gasteiger partial charge in [-0.05, 0) is 37.6 Å². The van der Waals surface area contributed by atoms with Crippen LogP contribution in [-0.4, -0.2) is 52.7 Å². The first kappa shape index (κ1) is 20.6. The fourth-order valence-corrected chi connectivity index (χ4v) is 2.15. The SMILES string of the molecule is CC1=NNC(=O)N(/N=C/c2cccnc2)C1.Cc1cccc(N(C)C(=O)O)c1. The lowest BCUT2D eigenvalue weighted by Gasteiger charge is -2.20. The molecule has 0 spiro atoms. The van der Waals surface area contributed by atoms with E-state index < -0.39 is 6.09 Å². The summed E-state index contributed by atoms with van der Waals surface area (Å²) >= 11 is 0. The number of benzene rings is 1. The van der Waals surface area contributed by atoms with Gasteiger partial charge < -0.3 is 5.11 Å². The van der Waals surface area contributed by atoms with E-state index in [4.69, 9.17) is 5.11 Å². The number of amides is 3. The molecule has 2 N–H and O–H groups in total. The van der Waals surface area contributed by atoms with E-state index in [0.29, 0.717) is 12.2 Å². The summed E-state index contributed by atoms with van der Waals surface area (Å²) in [4.78, 5) is 27.0. The molecule has 9 heteroatoms. The molecule has 0 saturated heterocycles. The predicted octanol–water partition coefficient (Wildman–Crippen LogP) is 2.93. The topological polar surface area (TPSA) is 110 Å². The number of nitrogens with zero attached hydrogens (tertiary/aromatic N) is 5. The maximum absolute atomic E-state index is 11.3. The number of nitrogens with one attached hydrogen (secondary N) is 1. The summed E-state index contributed by atoms with van der Waals surface area (Å²) in [5.74, 6) is 0. The van der Waals surface area contributed by atoms with Crippen molar-refractivity contribution in [2.45, 2.75) is 13.8 Å². The Morgan fingerprint density at radius 1 is 1.32 bits per heavy atom. The number of hydrogen-bond acceptors (Lipinski definition) is 5. The maximum Gasteiger partial charge on any atom is 0.411 e.